The number of carbonyl (C=O) groups is 2. The topological polar surface area (TPSA) is 106 Å². The number of nitrogens with one attached hydrogen (secondary N) is 2. The van der Waals surface area contributed by atoms with E-state index >= 15 is 0 Å². The number of anilines is 1. The molecule has 0 saturated carbocycles. The second kappa shape index (κ2) is 7.73. The summed E-state index contributed by atoms with van der Waals surface area (Å²) in [7, 11) is 0. The van der Waals surface area contributed by atoms with E-state index in [1.54, 1.807) is 6.92 Å². The molecule has 2 rings (SSSR count). The Labute approximate surface area is 137 Å². The van der Waals surface area contributed by atoms with Crippen LogP contribution in [0.5, 0.6) is 0 Å². The van der Waals surface area contributed by atoms with Gasteiger partial charge in [-0.25, -0.2) is 9.78 Å². The third kappa shape index (κ3) is 4.28. The van der Waals surface area contributed by atoms with Crippen LogP contribution in [-0.4, -0.2) is 35.3 Å². The van der Waals surface area contributed by atoms with Crippen LogP contribution < -0.4 is 10.6 Å². The van der Waals surface area contributed by atoms with Gasteiger partial charge in [-0.15, -0.1) is 11.3 Å². The molecule has 0 aliphatic carbocycles. The van der Waals surface area contributed by atoms with Gasteiger partial charge >= 0.3 is 6.09 Å². The zero-order valence-electron chi connectivity index (χ0n) is 13.1. The summed E-state index contributed by atoms with van der Waals surface area (Å²) >= 11 is 1.16. The van der Waals surface area contributed by atoms with Crippen molar-refractivity contribution in [1.82, 2.24) is 15.5 Å². The predicted octanol–water partition coefficient (Wildman–Crippen LogP) is 2.29. The number of thiazole rings is 1. The number of aryl methyl sites for hydroxylation is 2. The molecule has 23 heavy (non-hydrogen) atoms. The average molecular weight is 338 g/mol. The highest BCUT2D eigenvalue weighted by atomic mass is 32.1. The lowest BCUT2D eigenvalue weighted by atomic mass is 10.1. The molecule has 0 aromatic carbocycles. The Morgan fingerprint density at radius 1 is 1.39 bits per heavy atom. The predicted molar refractivity (Wildman–Crippen MR) is 84.8 cm³/mol. The summed E-state index contributed by atoms with van der Waals surface area (Å²) < 4.78 is 9.86. The zero-order valence-corrected chi connectivity index (χ0v) is 14.0. The van der Waals surface area contributed by atoms with E-state index in [9.17, 15) is 9.59 Å². The largest absolute Gasteiger partial charge is 0.450 e. The zero-order chi connectivity index (χ0) is 16.8. The molecule has 0 unspecified atom stereocenters. The standard InChI is InChI=1S/C14H18N4O4S/c1-4-21-14(20)17-13-11(16-7-23-13)12(19)15-6-5-10-8(2)18-22-9(10)3/h7H,4-6H2,1-3H3,(H,15,19)(H,17,20). The van der Waals surface area contributed by atoms with E-state index in [4.69, 9.17) is 9.26 Å². The van der Waals surface area contributed by atoms with Crippen molar-refractivity contribution in [3.8, 4) is 0 Å². The molecule has 0 bridgehead atoms. The molecule has 2 amide bonds. The normalized spacial score (nSPS) is 10.4. The summed E-state index contributed by atoms with van der Waals surface area (Å²) in [4.78, 5) is 27.6. The Kier molecular flexibility index (Phi) is 5.69. The van der Waals surface area contributed by atoms with Crippen LogP contribution >= 0.6 is 11.3 Å². The van der Waals surface area contributed by atoms with Gasteiger partial charge in [0.15, 0.2) is 5.69 Å². The van der Waals surface area contributed by atoms with Gasteiger partial charge in [-0.05, 0) is 27.2 Å². The highest BCUT2D eigenvalue weighted by Gasteiger charge is 2.17. The van der Waals surface area contributed by atoms with Crippen LogP contribution in [0.3, 0.4) is 0 Å². The smallest absolute Gasteiger partial charge is 0.412 e. The summed E-state index contributed by atoms with van der Waals surface area (Å²) in [5.41, 5.74) is 3.45. The van der Waals surface area contributed by atoms with Crippen molar-refractivity contribution in [2.75, 3.05) is 18.5 Å². The molecule has 0 radical (unpaired) electrons. The summed E-state index contributed by atoms with van der Waals surface area (Å²) in [6.45, 7) is 6.06. The molecule has 124 valence electrons. The van der Waals surface area contributed by atoms with Gasteiger partial charge in [0.25, 0.3) is 5.91 Å². The Morgan fingerprint density at radius 3 is 2.83 bits per heavy atom. The van der Waals surface area contributed by atoms with Crippen LogP contribution in [-0.2, 0) is 11.2 Å². The number of nitrogens with zero attached hydrogens (tertiary/aromatic N) is 2. The monoisotopic (exact) mass is 338 g/mol. The van der Waals surface area contributed by atoms with Gasteiger partial charge in [0.2, 0.25) is 0 Å². The average Bonchev–Trinajstić information content (AvgIpc) is 3.08. The van der Waals surface area contributed by atoms with Gasteiger partial charge in [0.1, 0.15) is 10.8 Å². The van der Waals surface area contributed by atoms with Crippen LogP contribution in [0.4, 0.5) is 9.80 Å². The van der Waals surface area contributed by atoms with Crippen molar-refractivity contribution < 1.29 is 18.8 Å². The molecule has 2 N–H and O–H groups in total. The number of hydrogen-bond donors (Lipinski definition) is 2. The van der Waals surface area contributed by atoms with Crippen molar-refractivity contribution in [2.24, 2.45) is 0 Å². The maximum absolute atomic E-state index is 12.2. The van der Waals surface area contributed by atoms with E-state index < -0.39 is 6.09 Å². The number of rotatable bonds is 6. The molecular weight excluding hydrogens is 320 g/mol. The van der Waals surface area contributed by atoms with Crippen LogP contribution in [0, 0.1) is 13.8 Å². The lowest BCUT2D eigenvalue weighted by Gasteiger charge is -2.06. The van der Waals surface area contributed by atoms with E-state index in [-0.39, 0.29) is 18.2 Å². The molecule has 2 aromatic rings. The van der Waals surface area contributed by atoms with Gasteiger partial charge < -0.3 is 14.6 Å². The number of amides is 2. The number of ether oxygens (including phenoxy) is 1. The minimum Gasteiger partial charge on any atom is -0.450 e. The van der Waals surface area contributed by atoms with Crippen molar-refractivity contribution >= 4 is 28.3 Å². The molecule has 9 heteroatoms. The minimum absolute atomic E-state index is 0.168. The fraction of sp³-hybridized carbons (Fsp3) is 0.429. The van der Waals surface area contributed by atoms with Crippen LogP contribution in [0.2, 0.25) is 0 Å². The lowest BCUT2D eigenvalue weighted by Crippen LogP contribution is -2.27. The van der Waals surface area contributed by atoms with Crippen LogP contribution in [0.1, 0.15) is 34.4 Å². The SMILES string of the molecule is CCOC(=O)Nc1scnc1C(=O)NCCc1c(C)noc1C. The van der Waals surface area contributed by atoms with Gasteiger partial charge in [0, 0.05) is 12.1 Å². The van der Waals surface area contributed by atoms with Gasteiger partial charge in [-0.3, -0.25) is 10.1 Å². The Hall–Kier alpha value is -2.42. The van der Waals surface area contributed by atoms with E-state index in [0.29, 0.717) is 18.0 Å². The molecule has 2 heterocycles. The number of carbonyl (C=O) groups excluding carboxylic acids is 2. The first-order chi connectivity index (χ1) is 11.0. The van der Waals surface area contributed by atoms with E-state index in [1.807, 2.05) is 13.8 Å². The molecule has 0 atom stereocenters. The van der Waals surface area contributed by atoms with Gasteiger partial charge in [-0.2, -0.15) is 0 Å². The van der Waals surface area contributed by atoms with E-state index in [0.717, 1.165) is 28.4 Å². The second-order valence-corrected chi connectivity index (χ2v) is 5.54. The number of aromatic nitrogens is 2. The quantitative estimate of drug-likeness (QED) is 0.837. The van der Waals surface area contributed by atoms with Crippen LogP contribution in [0.25, 0.3) is 0 Å². The Balaban J connectivity index is 1.91. The fourth-order valence-electron chi connectivity index (χ4n) is 2.00. The minimum atomic E-state index is -0.610. The van der Waals surface area contributed by atoms with Crippen molar-refractivity contribution in [3.05, 3.63) is 28.2 Å². The number of hydrogen-bond acceptors (Lipinski definition) is 7. The highest BCUT2D eigenvalue weighted by Crippen LogP contribution is 2.20. The van der Waals surface area contributed by atoms with Crippen molar-refractivity contribution in [1.29, 1.82) is 0 Å². The molecule has 0 aliphatic rings. The van der Waals surface area contributed by atoms with E-state index in [2.05, 4.69) is 20.8 Å². The maximum atomic E-state index is 12.2. The third-order valence-corrected chi connectivity index (χ3v) is 3.86. The second-order valence-electron chi connectivity index (χ2n) is 4.68. The molecule has 8 nitrogen and oxygen atoms in total. The van der Waals surface area contributed by atoms with E-state index in [1.165, 1.54) is 5.51 Å². The first-order valence-electron chi connectivity index (χ1n) is 7.10. The fourth-order valence-corrected chi connectivity index (χ4v) is 2.66. The lowest BCUT2D eigenvalue weighted by molar-refractivity contribution is 0.0950. The van der Waals surface area contributed by atoms with Crippen LogP contribution in [0.15, 0.2) is 10.0 Å². The molecule has 0 saturated heterocycles. The van der Waals surface area contributed by atoms with Gasteiger partial charge in [0.05, 0.1) is 17.8 Å². The highest BCUT2D eigenvalue weighted by molar-refractivity contribution is 7.14. The first-order valence-corrected chi connectivity index (χ1v) is 7.98. The maximum Gasteiger partial charge on any atom is 0.412 e. The Bertz CT molecular complexity index is 675. The summed E-state index contributed by atoms with van der Waals surface area (Å²) in [6.07, 6.45) is -0.000891. The van der Waals surface area contributed by atoms with Crippen molar-refractivity contribution in [2.45, 2.75) is 27.2 Å². The first kappa shape index (κ1) is 16.9. The summed E-state index contributed by atoms with van der Waals surface area (Å²) in [5, 5.41) is 9.50. The third-order valence-electron chi connectivity index (χ3n) is 3.12. The summed E-state index contributed by atoms with van der Waals surface area (Å²) in [5.74, 6) is 0.389. The summed E-state index contributed by atoms with van der Waals surface area (Å²) in [6, 6.07) is 0. The molecule has 0 spiro atoms. The molecule has 0 fully saturated rings. The molecular formula is C14H18N4O4S. The molecule has 0 aliphatic heterocycles. The molecule has 2 aromatic heterocycles. The Morgan fingerprint density at radius 2 is 2.17 bits per heavy atom. The van der Waals surface area contributed by atoms with Crippen molar-refractivity contribution in [3.63, 3.8) is 0 Å². The van der Waals surface area contributed by atoms with Gasteiger partial charge in [-0.1, -0.05) is 5.16 Å².